The summed E-state index contributed by atoms with van der Waals surface area (Å²) in [7, 11) is 0. The van der Waals surface area contributed by atoms with E-state index in [1.165, 1.54) is 170 Å². The van der Waals surface area contributed by atoms with Crippen molar-refractivity contribution in [1.82, 2.24) is 0 Å². The van der Waals surface area contributed by atoms with Crippen LogP contribution in [0.5, 0.6) is 0 Å². The van der Waals surface area contributed by atoms with Crippen LogP contribution < -0.4 is 21.3 Å². The lowest BCUT2D eigenvalue weighted by atomic mass is 9.82. The summed E-state index contributed by atoms with van der Waals surface area (Å²) in [6.45, 7) is 4.70. The molecular formula is C123H86N4OS4. The average Bonchev–Trinajstić information content (AvgIpc) is 1.56. The summed E-state index contributed by atoms with van der Waals surface area (Å²) in [6.07, 6.45) is 0. The minimum atomic E-state index is -0.00395. The molecule has 1 aliphatic rings. The number of thiophene rings is 4. The zero-order valence-corrected chi connectivity index (χ0v) is 75.7. The van der Waals surface area contributed by atoms with Crippen molar-refractivity contribution in [3.05, 3.63) is 472 Å². The molecule has 132 heavy (non-hydrogen) atoms. The molecule has 0 aliphatic heterocycles. The van der Waals surface area contributed by atoms with Gasteiger partial charge < -0.3 is 25.7 Å². The number of para-hydroxylation sites is 4. The van der Waals surface area contributed by atoms with E-state index in [9.17, 15) is 0 Å². The molecule has 5 aromatic heterocycles. The Morgan fingerprint density at radius 3 is 1.35 bits per heavy atom. The van der Waals surface area contributed by atoms with E-state index in [-0.39, 0.29) is 5.41 Å². The molecule has 20 aromatic carbocycles. The molecule has 0 saturated heterocycles. The fourth-order valence-corrected chi connectivity index (χ4v) is 24.1. The van der Waals surface area contributed by atoms with Crippen molar-refractivity contribution in [2.24, 2.45) is 0 Å². The Morgan fingerprint density at radius 1 is 0.197 bits per heavy atom. The van der Waals surface area contributed by atoms with Crippen molar-refractivity contribution in [2.45, 2.75) is 19.3 Å². The van der Waals surface area contributed by atoms with Crippen LogP contribution in [0.3, 0.4) is 0 Å². The number of nitrogens with one attached hydrogen (secondary N) is 4. The molecule has 0 atom stereocenters. The smallest absolute Gasteiger partial charge is 0.135 e. The molecule has 4 N–H and O–H groups in total. The van der Waals surface area contributed by atoms with Gasteiger partial charge in [0.25, 0.3) is 0 Å². The maximum Gasteiger partial charge on any atom is 0.135 e. The highest BCUT2D eigenvalue weighted by molar-refractivity contribution is 7.27. The van der Waals surface area contributed by atoms with E-state index in [1.807, 2.05) is 69.6 Å². The Morgan fingerprint density at radius 2 is 0.659 bits per heavy atom. The van der Waals surface area contributed by atoms with Crippen LogP contribution in [0.2, 0.25) is 0 Å². The molecule has 9 heteroatoms. The fourth-order valence-electron chi connectivity index (χ4n) is 19.2. The van der Waals surface area contributed by atoms with Crippen LogP contribution in [-0.2, 0) is 5.41 Å². The molecule has 0 bridgehead atoms. The molecule has 0 radical (unpaired) electrons. The number of hydrogen-bond acceptors (Lipinski definition) is 9. The maximum absolute atomic E-state index is 6.02. The number of benzene rings is 20. The van der Waals surface area contributed by atoms with Crippen LogP contribution in [0.15, 0.2) is 465 Å². The highest BCUT2D eigenvalue weighted by atomic mass is 32.1. The molecule has 0 fully saturated rings. The average molecular weight is 1760 g/mol. The predicted octanol–water partition coefficient (Wildman–Crippen LogP) is 37.4. The zero-order chi connectivity index (χ0) is 88.0. The number of furan rings is 1. The van der Waals surface area contributed by atoms with Crippen molar-refractivity contribution in [2.75, 3.05) is 21.3 Å². The van der Waals surface area contributed by atoms with E-state index in [0.717, 1.165) is 67.4 Å². The highest BCUT2D eigenvalue weighted by Crippen LogP contribution is 2.56. The Balaban J connectivity index is 0.0000000999. The van der Waals surface area contributed by atoms with Gasteiger partial charge in [0.2, 0.25) is 0 Å². The van der Waals surface area contributed by atoms with E-state index in [0.29, 0.717) is 0 Å². The Bertz CT molecular complexity index is 8600. The molecule has 1 aliphatic carbocycles. The van der Waals surface area contributed by atoms with Gasteiger partial charge in [-0.2, -0.15) is 0 Å². The van der Waals surface area contributed by atoms with Gasteiger partial charge in [-0.3, -0.25) is 0 Å². The SMILES string of the molecule is CC1(C)c2ccccc2-c2c(-c3ccc(Nc4ccccc4)c4c3sc3ccccc34)cccc21.c1ccc(-c2cc(Nc3ccc4oc5ccccc5c4c3)c3sc4ccccc4c3c2)cc1.c1ccc(Nc2cc(-c3cccc(-c4ccccc4)c3)c3sc4ccccc4c3c2)cc1.c1ccc(Nc2ccc3c(sc4cccc(-c5ccccc5)c43)c2-c2ccccc2)cc1. The van der Waals surface area contributed by atoms with Gasteiger partial charge in [0, 0.05) is 149 Å². The Labute approximate surface area is 782 Å². The molecule has 0 amide bonds. The second kappa shape index (κ2) is 35.0. The van der Waals surface area contributed by atoms with Gasteiger partial charge in [-0.1, -0.05) is 347 Å². The van der Waals surface area contributed by atoms with Gasteiger partial charge in [0.1, 0.15) is 11.2 Å². The van der Waals surface area contributed by atoms with Gasteiger partial charge in [-0.15, -0.1) is 45.3 Å². The third-order valence-corrected chi connectivity index (χ3v) is 30.2. The van der Waals surface area contributed by atoms with E-state index in [1.54, 1.807) is 0 Å². The first-order chi connectivity index (χ1) is 65.2. The van der Waals surface area contributed by atoms with Gasteiger partial charge in [-0.05, 0) is 200 Å². The van der Waals surface area contributed by atoms with Crippen molar-refractivity contribution in [3.8, 4) is 77.9 Å². The van der Waals surface area contributed by atoms with Crippen molar-refractivity contribution < 1.29 is 4.42 Å². The normalized spacial score (nSPS) is 11.9. The lowest BCUT2D eigenvalue weighted by Gasteiger charge is -2.21. The van der Waals surface area contributed by atoms with Crippen molar-refractivity contribution >= 4 is 193 Å². The van der Waals surface area contributed by atoms with E-state index in [4.69, 9.17) is 4.42 Å². The van der Waals surface area contributed by atoms with E-state index >= 15 is 0 Å². The summed E-state index contributed by atoms with van der Waals surface area (Å²) in [5.74, 6) is 0. The quantitative estimate of drug-likeness (QED) is 0.0874. The summed E-state index contributed by atoms with van der Waals surface area (Å²) in [4.78, 5) is 0. The number of anilines is 8. The molecular weight excluding hydrogens is 1680 g/mol. The lowest BCUT2D eigenvalue weighted by molar-refractivity contribution is 0.660. The van der Waals surface area contributed by atoms with Crippen molar-refractivity contribution in [3.63, 3.8) is 0 Å². The first kappa shape index (κ1) is 80.8. The molecule has 26 rings (SSSR count). The monoisotopic (exact) mass is 1760 g/mol. The lowest BCUT2D eigenvalue weighted by Crippen LogP contribution is -2.14. The topological polar surface area (TPSA) is 61.3 Å². The second-order valence-electron chi connectivity index (χ2n) is 34.0. The van der Waals surface area contributed by atoms with Gasteiger partial charge in [0.05, 0.1) is 10.4 Å². The minimum absolute atomic E-state index is 0.00395. The van der Waals surface area contributed by atoms with Gasteiger partial charge >= 0.3 is 0 Å². The van der Waals surface area contributed by atoms with Crippen LogP contribution in [0.1, 0.15) is 25.0 Å². The third kappa shape index (κ3) is 15.4. The highest BCUT2D eigenvalue weighted by Gasteiger charge is 2.37. The molecule has 628 valence electrons. The minimum Gasteiger partial charge on any atom is -0.456 e. The van der Waals surface area contributed by atoms with Crippen LogP contribution >= 0.6 is 45.3 Å². The first-order valence-electron chi connectivity index (χ1n) is 44.7. The molecule has 25 aromatic rings. The number of hydrogen-bond donors (Lipinski definition) is 4. The maximum atomic E-state index is 6.02. The van der Waals surface area contributed by atoms with Crippen LogP contribution in [0.4, 0.5) is 45.5 Å². The summed E-state index contributed by atoms with van der Waals surface area (Å²) in [5.41, 5.74) is 31.3. The number of rotatable bonds is 14. The Kier molecular flexibility index (Phi) is 21.5. The van der Waals surface area contributed by atoms with Crippen LogP contribution in [0, 0.1) is 0 Å². The molecule has 0 saturated carbocycles. The standard InChI is InChI=1S/C33H25NS.C30H19NOS.2C30H21NS/c1-33(2)26-16-8-6-13-24(26)30-22(15-10-17-27(30)33)23-19-20-28(34-21-11-4-3-5-12-21)31-25-14-7-9-18-29(25)35-32(23)31;1-2-8-19(9-3-1)20-16-25-23-11-5-7-13-29(23)33-30(25)26(17-20)31-21-14-15-28-24(18-21)22-10-4-6-12-27(22)32-28;1-4-11-21(12-5-1)24-17-10-18-27-29(24)25-19-20-26(31-23-15-8-3-9-16-23)28(30(25)32-27)22-13-6-2-7-14-22;1-3-10-21(11-4-1)22-12-9-13-23(18-22)27-19-25(31-24-14-5-2-6-15-24)20-28-26-16-7-8-17-29(26)32-30(27)28/h3-20,34H,1-2H3;1-18,31H;2*1-20,31H. The molecule has 5 heterocycles. The Hall–Kier alpha value is -15.7. The third-order valence-electron chi connectivity index (χ3n) is 25.4. The molecule has 0 unspecified atom stereocenters. The molecule has 5 nitrogen and oxygen atoms in total. The predicted molar refractivity (Wildman–Crippen MR) is 574 cm³/mol. The van der Waals surface area contributed by atoms with Gasteiger partial charge in [0.15, 0.2) is 0 Å². The number of fused-ring (bicyclic) bond motifs is 18. The van der Waals surface area contributed by atoms with Crippen LogP contribution in [-0.4, -0.2) is 0 Å². The molecule has 0 spiro atoms. The zero-order valence-electron chi connectivity index (χ0n) is 72.4. The largest absolute Gasteiger partial charge is 0.456 e. The fraction of sp³-hybridized carbons (Fsp3) is 0.0244. The van der Waals surface area contributed by atoms with E-state index < -0.39 is 0 Å². The second-order valence-corrected chi connectivity index (χ2v) is 38.2. The van der Waals surface area contributed by atoms with E-state index in [2.05, 4.69) is 472 Å². The summed E-state index contributed by atoms with van der Waals surface area (Å²) in [6, 6.07) is 164. The summed E-state index contributed by atoms with van der Waals surface area (Å²) < 4.78 is 16.5. The first-order valence-corrected chi connectivity index (χ1v) is 48.0. The van der Waals surface area contributed by atoms with Crippen molar-refractivity contribution in [1.29, 1.82) is 0 Å². The summed E-state index contributed by atoms with van der Waals surface area (Å²) in [5, 5.41) is 27.4. The summed E-state index contributed by atoms with van der Waals surface area (Å²) >= 11 is 7.48. The van der Waals surface area contributed by atoms with Gasteiger partial charge in [-0.25, -0.2) is 0 Å². The van der Waals surface area contributed by atoms with Crippen LogP contribution in [0.25, 0.3) is 181 Å².